The van der Waals surface area contributed by atoms with E-state index in [9.17, 15) is 13.2 Å². The molecule has 5 nitrogen and oxygen atoms in total. The highest BCUT2D eigenvalue weighted by molar-refractivity contribution is 7.91. The standard InChI is InChI=1S/C15H13ClO5S/c1-20-15(17)13-4-2-3-5-14(13)21-10-22(18,19)12-8-6-11(16)7-9-12/h2-9H,10H2,1H3. The van der Waals surface area contributed by atoms with Gasteiger partial charge in [-0.05, 0) is 36.4 Å². The van der Waals surface area contributed by atoms with Gasteiger partial charge in [-0.2, -0.15) is 0 Å². The molecule has 0 aliphatic carbocycles. The van der Waals surface area contributed by atoms with Crippen molar-refractivity contribution in [1.29, 1.82) is 0 Å². The van der Waals surface area contributed by atoms with Gasteiger partial charge >= 0.3 is 5.97 Å². The normalized spacial score (nSPS) is 11.0. The number of methoxy groups -OCH3 is 1. The first-order valence-corrected chi connectivity index (χ1v) is 8.25. The number of sulfone groups is 1. The second-order valence-corrected chi connectivity index (χ2v) is 6.69. The average molecular weight is 341 g/mol. The number of hydrogen-bond acceptors (Lipinski definition) is 5. The molecule has 2 rings (SSSR count). The summed E-state index contributed by atoms with van der Waals surface area (Å²) in [6.45, 7) is 0. The molecule has 0 atom stereocenters. The van der Waals surface area contributed by atoms with E-state index in [1.807, 2.05) is 0 Å². The fourth-order valence-corrected chi connectivity index (χ4v) is 2.82. The third-order valence-corrected chi connectivity index (χ3v) is 4.51. The molecular formula is C15H13ClO5S. The van der Waals surface area contributed by atoms with E-state index in [0.29, 0.717) is 5.02 Å². The predicted octanol–water partition coefficient (Wildman–Crippen LogP) is 2.94. The van der Waals surface area contributed by atoms with E-state index in [1.165, 1.54) is 43.5 Å². The maximum absolute atomic E-state index is 12.2. The third kappa shape index (κ3) is 3.78. The van der Waals surface area contributed by atoms with Crippen LogP contribution in [-0.2, 0) is 14.6 Å². The Morgan fingerprint density at radius 2 is 1.73 bits per heavy atom. The van der Waals surface area contributed by atoms with Crippen molar-refractivity contribution < 1.29 is 22.7 Å². The number of ether oxygens (including phenoxy) is 2. The summed E-state index contributed by atoms with van der Waals surface area (Å²) in [6.07, 6.45) is 0. The smallest absolute Gasteiger partial charge is 0.341 e. The molecule has 0 radical (unpaired) electrons. The number of carbonyl (C=O) groups excluding carboxylic acids is 1. The number of rotatable bonds is 5. The van der Waals surface area contributed by atoms with E-state index in [1.54, 1.807) is 12.1 Å². The van der Waals surface area contributed by atoms with Gasteiger partial charge in [-0.15, -0.1) is 0 Å². The summed E-state index contributed by atoms with van der Waals surface area (Å²) in [5.74, 6) is -1.05. The van der Waals surface area contributed by atoms with Crippen LogP contribution in [0.5, 0.6) is 5.75 Å². The zero-order valence-corrected chi connectivity index (χ0v) is 13.2. The van der Waals surface area contributed by atoms with Crippen molar-refractivity contribution in [2.75, 3.05) is 13.0 Å². The first-order chi connectivity index (χ1) is 10.4. The minimum absolute atomic E-state index is 0.0902. The lowest BCUT2D eigenvalue weighted by molar-refractivity contribution is 0.0596. The van der Waals surface area contributed by atoms with Crippen LogP contribution in [0.3, 0.4) is 0 Å². The lowest BCUT2D eigenvalue weighted by Crippen LogP contribution is -2.14. The van der Waals surface area contributed by atoms with Crippen molar-refractivity contribution in [3.63, 3.8) is 0 Å². The van der Waals surface area contributed by atoms with Gasteiger partial charge in [-0.25, -0.2) is 13.2 Å². The highest BCUT2D eigenvalue weighted by Crippen LogP contribution is 2.21. The Bertz CT molecular complexity index is 769. The van der Waals surface area contributed by atoms with Gasteiger partial charge in [0.1, 0.15) is 11.3 Å². The van der Waals surface area contributed by atoms with Crippen LogP contribution < -0.4 is 4.74 Å². The molecule has 22 heavy (non-hydrogen) atoms. The lowest BCUT2D eigenvalue weighted by Gasteiger charge is -2.10. The van der Waals surface area contributed by atoms with Crippen LogP contribution in [0.1, 0.15) is 10.4 Å². The molecule has 7 heteroatoms. The number of para-hydroxylation sites is 1. The minimum Gasteiger partial charge on any atom is -0.476 e. The molecular weight excluding hydrogens is 328 g/mol. The average Bonchev–Trinajstić information content (AvgIpc) is 2.53. The molecule has 0 heterocycles. The van der Waals surface area contributed by atoms with Crippen LogP contribution >= 0.6 is 11.6 Å². The summed E-state index contributed by atoms with van der Waals surface area (Å²) in [6, 6.07) is 12.0. The molecule has 0 amide bonds. The highest BCUT2D eigenvalue weighted by Gasteiger charge is 2.18. The van der Waals surface area contributed by atoms with Crippen molar-refractivity contribution in [3.05, 3.63) is 59.1 Å². The van der Waals surface area contributed by atoms with E-state index < -0.39 is 21.7 Å². The molecule has 2 aromatic rings. The van der Waals surface area contributed by atoms with E-state index >= 15 is 0 Å². The van der Waals surface area contributed by atoms with E-state index in [-0.39, 0.29) is 16.2 Å². The second-order valence-electron chi connectivity index (χ2n) is 4.32. The maximum atomic E-state index is 12.2. The Morgan fingerprint density at radius 1 is 1.09 bits per heavy atom. The first-order valence-electron chi connectivity index (χ1n) is 6.22. The van der Waals surface area contributed by atoms with Gasteiger partial charge in [0.25, 0.3) is 0 Å². The van der Waals surface area contributed by atoms with Crippen molar-refractivity contribution in [2.24, 2.45) is 0 Å². The van der Waals surface area contributed by atoms with Gasteiger partial charge in [-0.1, -0.05) is 23.7 Å². The van der Waals surface area contributed by atoms with Gasteiger partial charge in [0, 0.05) is 5.02 Å². The van der Waals surface area contributed by atoms with Crippen molar-refractivity contribution in [3.8, 4) is 5.75 Å². The quantitative estimate of drug-likeness (QED) is 0.783. The van der Waals surface area contributed by atoms with Crippen LogP contribution in [0, 0.1) is 0 Å². The van der Waals surface area contributed by atoms with Gasteiger partial charge in [0.15, 0.2) is 5.94 Å². The second kappa shape index (κ2) is 6.81. The van der Waals surface area contributed by atoms with Crippen LogP contribution in [-0.4, -0.2) is 27.4 Å². The Morgan fingerprint density at radius 3 is 2.36 bits per heavy atom. The summed E-state index contributed by atoms with van der Waals surface area (Å²) >= 11 is 5.73. The number of halogens is 1. The molecule has 2 aromatic carbocycles. The minimum atomic E-state index is -3.66. The van der Waals surface area contributed by atoms with Gasteiger partial charge in [0.05, 0.1) is 12.0 Å². The first kappa shape index (κ1) is 16.3. The van der Waals surface area contributed by atoms with Crippen LogP contribution in [0.15, 0.2) is 53.4 Å². The summed E-state index contributed by atoms with van der Waals surface area (Å²) in [4.78, 5) is 11.7. The Balaban J connectivity index is 2.19. The number of carbonyl (C=O) groups is 1. The fraction of sp³-hybridized carbons (Fsp3) is 0.133. The van der Waals surface area contributed by atoms with Gasteiger partial charge in [-0.3, -0.25) is 0 Å². The van der Waals surface area contributed by atoms with Crippen LogP contribution in [0.4, 0.5) is 0 Å². The van der Waals surface area contributed by atoms with Crippen LogP contribution in [0.25, 0.3) is 0 Å². The molecule has 0 N–H and O–H groups in total. The molecule has 0 fully saturated rings. The summed E-state index contributed by atoms with van der Waals surface area (Å²) in [5, 5.41) is 0.441. The topological polar surface area (TPSA) is 69.7 Å². The molecule has 0 aliphatic rings. The lowest BCUT2D eigenvalue weighted by atomic mass is 10.2. The van der Waals surface area contributed by atoms with Crippen molar-refractivity contribution in [1.82, 2.24) is 0 Å². The third-order valence-electron chi connectivity index (χ3n) is 2.83. The van der Waals surface area contributed by atoms with Gasteiger partial charge in [0.2, 0.25) is 9.84 Å². The molecule has 0 saturated carbocycles. The molecule has 0 aromatic heterocycles. The monoisotopic (exact) mass is 340 g/mol. The summed E-state index contributed by atoms with van der Waals surface area (Å²) in [7, 11) is -2.42. The summed E-state index contributed by atoms with van der Waals surface area (Å²) < 4.78 is 34.3. The number of benzene rings is 2. The molecule has 0 unspecified atom stereocenters. The Kier molecular flexibility index (Phi) is 5.05. The van der Waals surface area contributed by atoms with Crippen LogP contribution in [0.2, 0.25) is 5.02 Å². The molecule has 0 aliphatic heterocycles. The largest absolute Gasteiger partial charge is 0.476 e. The summed E-state index contributed by atoms with van der Waals surface area (Å²) in [5.41, 5.74) is 0.163. The molecule has 0 spiro atoms. The molecule has 0 bridgehead atoms. The zero-order chi connectivity index (χ0) is 16.2. The van der Waals surface area contributed by atoms with E-state index in [2.05, 4.69) is 4.74 Å². The number of esters is 1. The van der Waals surface area contributed by atoms with Crippen molar-refractivity contribution in [2.45, 2.75) is 4.90 Å². The Labute approximate surface area is 133 Å². The maximum Gasteiger partial charge on any atom is 0.341 e. The Hall–Kier alpha value is -2.05. The van der Waals surface area contributed by atoms with Crippen molar-refractivity contribution >= 4 is 27.4 Å². The SMILES string of the molecule is COC(=O)c1ccccc1OCS(=O)(=O)c1ccc(Cl)cc1. The number of hydrogen-bond donors (Lipinski definition) is 0. The highest BCUT2D eigenvalue weighted by atomic mass is 35.5. The molecule has 0 saturated heterocycles. The predicted molar refractivity (Wildman–Crippen MR) is 81.9 cm³/mol. The zero-order valence-electron chi connectivity index (χ0n) is 11.7. The van der Waals surface area contributed by atoms with Gasteiger partial charge < -0.3 is 9.47 Å². The van der Waals surface area contributed by atoms with E-state index in [4.69, 9.17) is 16.3 Å². The van der Waals surface area contributed by atoms with E-state index in [0.717, 1.165) is 0 Å². The molecule has 116 valence electrons. The fourth-order valence-electron chi connectivity index (χ4n) is 1.72.